The largest absolute Gasteiger partial charge is 0.480 e. The molecule has 14 heavy (non-hydrogen) atoms. The molecular formula is C8H11N3O3. The van der Waals surface area contributed by atoms with E-state index in [2.05, 4.69) is 10.2 Å². The van der Waals surface area contributed by atoms with Crippen molar-refractivity contribution in [2.45, 2.75) is 6.92 Å². The SMILES string of the molecule is Cc1cn[nH]c1C(=O)N(C)CC(=O)O. The first-order valence-electron chi connectivity index (χ1n) is 3.99. The van der Waals surface area contributed by atoms with Gasteiger partial charge in [0.05, 0.1) is 6.20 Å². The molecule has 0 fully saturated rings. The molecule has 0 aliphatic rings. The molecule has 0 aliphatic carbocycles. The van der Waals surface area contributed by atoms with Crippen molar-refractivity contribution in [3.63, 3.8) is 0 Å². The number of carbonyl (C=O) groups excluding carboxylic acids is 1. The zero-order chi connectivity index (χ0) is 10.7. The lowest BCUT2D eigenvalue weighted by atomic mass is 10.2. The molecule has 0 unspecified atom stereocenters. The molecule has 1 aromatic rings. The van der Waals surface area contributed by atoms with Crippen molar-refractivity contribution in [3.8, 4) is 0 Å². The molecule has 6 heteroatoms. The van der Waals surface area contributed by atoms with E-state index < -0.39 is 5.97 Å². The van der Waals surface area contributed by atoms with E-state index in [1.54, 1.807) is 6.92 Å². The molecule has 0 aliphatic heterocycles. The van der Waals surface area contributed by atoms with Crippen molar-refractivity contribution >= 4 is 11.9 Å². The summed E-state index contributed by atoms with van der Waals surface area (Å²) >= 11 is 0. The Morgan fingerprint density at radius 3 is 2.71 bits per heavy atom. The monoisotopic (exact) mass is 197 g/mol. The van der Waals surface area contributed by atoms with Crippen molar-refractivity contribution in [2.24, 2.45) is 0 Å². The number of hydrogen-bond donors (Lipinski definition) is 2. The normalized spacial score (nSPS) is 9.86. The van der Waals surface area contributed by atoms with E-state index in [-0.39, 0.29) is 12.5 Å². The summed E-state index contributed by atoms with van der Waals surface area (Å²) in [5.41, 5.74) is 1.03. The highest BCUT2D eigenvalue weighted by atomic mass is 16.4. The number of H-pyrrole nitrogens is 1. The number of aliphatic carboxylic acids is 1. The van der Waals surface area contributed by atoms with Crippen LogP contribution in [0.5, 0.6) is 0 Å². The number of rotatable bonds is 3. The molecule has 0 atom stereocenters. The van der Waals surface area contributed by atoms with Gasteiger partial charge in [0.2, 0.25) is 0 Å². The Morgan fingerprint density at radius 1 is 1.64 bits per heavy atom. The fourth-order valence-corrected chi connectivity index (χ4v) is 1.03. The van der Waals surface area contributed by atoms with Gasteiger partial charge >= 0.3 is 5.97 Å². The van der Waals surface area contributed by atoms with Crippen molar-refractivity contribution < 1.29 is 14.7 Å². The van der Waals surface area contributed by atoms with Gasteiger partial charge in [0.25, 0.3) is 5.91 Å². The number of nitrogens with zero attached hydrogens (tertiary/aromatic N) is 2. The van der Waals surface area contributed by atoms with Gasteiger partial charge in [-0.15, -0.1) is 0 Å². The summed E-state index contributed by atoms with van der Waals surface area (Å²) < 4.78 is 0. The fraction of sp³-hybridized carbons (Fsp3) is 0.375. The Kier molecular flexibility index (Phi) is 2.85. The minimum Gasteiger partial charge on any atom is -0.480 e. The van der Waals surface area contributed by atoms with Crippen LogP contribution in [0.4, 0.5) is 0 Å². The van der Waals surface area contributed by atoms with Crippen LogP contribution in [0.3, 0.4) is 0 Å². The van der Waals surface area contributed by atoms with Crippen LogP contribution in [0, 0.1) is 6.92 Å². The van der Waals surface area contributed by atoms with Crippen molar-refractivity contribution in [3.05, 3.63) is 17.5 Å². The Balaban J connectivity index is 2.76. The van der Waals surface area contributed by atoms with Gasteiger partial charge in [0.15, 0.2) is 0 Å². The average Bonchev–Trinajstić information content (AvgIpc) is 2.48. The van der Waals surface area contributed by atoms with Gasteiger partial charge in [-0.3, -0.25) is 14.7 Å². The standard InChI is InChI=1S/C8H11N3O3/c1-5-3-9-10-7(5)8(14)11(2)4-6(12)13/h3H,4H2,1-2H3,(H,9,10)(H,12,13). The number of carbonyl (C=O) groups is 2. The van der Waals surface area contributed by atoms with E-state index in [0.29, 0.717) is 11.3 Å². The average molecular weight is 197 g/mol. The zero-order valence-electron chi connectivity index (χ0n) is 7.94. The third-order valence-corrected chi connectivity index (χ3v) is 1.76. The smallest absolute Gasteiger partial charge is 0.323 e. The fourth-order valence-electron chi connectivity index (χ4n) is 1.03. The van der Waals surface area contributed by atoms with E-state index >= 15 is 0 Å². The predicted octanol–water partition coefficient (Wildman–Crippen LogP) is -0.125. The molecule has 0 spiro atoms. The summed E-state index contributed by atoms with van der Waals surface area (Å²) in [6.07, 6.45) is 1.52. The molecule has 0 saturated carbocycles. The topological polar surface area (TPSA) is 86.3 Å². The number of likely N-dealkylation sites (N-methyl/N-ethyl adjacent to an activating group) is 1. The van der Waals surface area contributed by atoms with Gasteiger partial charge in [-0.1, -0.05) is 0 Å². The Labute approximate surface area is 80.5 Å². The molecule has 1 aromatic heterocycles. The van der Waals surface area contributed by atoms with Crippen LogP contribution in [0.2, 0.25) is 0 Å². The highest BCUT2D eigenvalue weighted by Gasteiger charge is 2.17. The third kappa shape index (κ3) is 2.09. The van der Waals surface area contributed by atoms with E-state index in [9.17, 15) is 9.59 Å². The molecule has 1 heterocycles. The van der Waals surface area contributed by atoms with Crippen LogP contribution >= 0.6 is 0 Å². The first kappa shape index (κ1) is 10.2. The Hall–Kier alpha value is -1.85. The number of amides is 1. The van der Waals surface area contributed by atoms with Crippen LogP contribution in [0.15, 0.2) is 6.20 Å². The molecule has 0 saturated heterocycles. The van der Waals surface area contributed by atoms with Gasteiger partial charge in [-0.2, -0.15) is 5.10 Å². The molecular weight excluding hydrogens is 186 g/mol. The maximum atomic E-state index is 11.6. The van der Waals surface area contributed by atoms with Crippen molar-refractivity contribution in [1.29, 1.82) is 0 Å². The third-order valence-electron chi connectivity index (χ3n) is 1.76. The zero-order valence-corrected chi connectivity index (χ0v) is 7.94. The van der Waals surface area contributed by atoms with Crippen LogP contribution in [0.25, 0.3) is 0 Å². The molecule has 1 rings (SSSR count). The summed E-state index contributed by atoms with van der Waals surface area (Å²) in [7, 11) is 1.43. The summed E-state index contributed by atoms with van der Waals surface area (Å²) in [5.74, 6) is -1.42. The first-order valence-corrected chi connectivity index (χ1v) is 3.99. The van der Waals surface area contributed by atoms with Gasteiger partial charge in [-0.25, -0.2) is 0 Å². The van der Waals surface area contributed by atoms with E-state index in [1.165, 1.54) is 13.2 Å². The first-order chi connectivity index (χ1) is 6.52. The van der Waals surface area contributed by atoms with Gasteiger partial charge in [0.1, 0.15) is 12.2 Å². The second kappa shape index (κ2) is 3.91. The summed E-state index contributed by atoms with van der Waals surface area (Å²) in [6.45, 7) is 1.41. The summed E-state index contributed by atoms with van der Waals surface area (Å²) in [6, 6.07) is 0. The lowest BCUT2D eigenvalue weighted by molar-refractivity contribution is -0.137. The Morgan fingerprint density at radius 2 is 2.29 bits per heavy atom. The summed E-state index contributed by atoms with van der Waals surface area (Å²) in [5, 5.41) is 14.7. The highest BCUT2D eigenvalue weighted by molar-refractivity contribution is 5.95. The van der Waals surface area contributed by atoms with Crippen LogP contribution in [-0.2, 0) is 4.79 Å². The van der Waals surface area contributed by atoms with Crippen LogP contribution < -0.4 is 0 Å². The number of aryl methyl sites for hydroxylation is 1. The van der Waals surface area contributed by atoms with E-state index in [0.717, 1.165) is 4.90 Å². The highest BCUT2D eigenvalue weighted by Crippen LogP contribution is 2.04. The number of hydrogen-bond acceptors (Lipinski definition) is 3. The number of carboxylic acids is 1. The molecule has 0 aromatic carbocycles. The van der Waals surface area contributed by atoms with Crippen molar-refractivity contribution in [1.82, 2.24) is 15.1 Å². The number of aromatic nitrogens is 2. The predicted molar refractivity (Wildman–Crippen MR) is 47.9 cm³/mol. The molecule has 0 bridgehead atoms. The lowest BCUT2D eigenvalue weighted by Gasteiger charge is -2.13. The maximum absolute atomic E-state index is 11.6. The van der Waals surface area contributed by atoms with Gasteiger partial charge in [-0.05, 0) is 12.5 Å². The Bertz CT molecular complexity index is 358. The maximum Gasteiger partial charge on any atom is 0.323 e. The quantitative estimate of drug-likeness (QED) is 0.707. The van der Waals surface area contributed by atoms with E-state index in [4.69, 9.17) is 5.11 Å². The van der Waals surface area contributed by atoms with Crippen LogP contribution in [-0.4, -0.2) is 45.7 Å². The number of aromatic amines is 1. The minimum absolute atomic E-state index is 0.322. The molecule has 2 N–H and O–H groups in total. The van der Waals surface area contributed by atoms with Crippen LogP contribution in [0.1, 0.15) is 16.1 Å². The number of nitrogens with one attached hydrogen (secondary N) is 1. The van der Waals surface area contributed by atoms with Gasteiger partial charge < -0.3 is 10.0 Å². The minimum atomic E-state index is -1.04. The molecule has 1 amide bonds. The van der Waals surface area contributed by atoms with E-state index in [1.807, 2.05) is 0 Å². The molecule has 0 radical (unpaired) electrons. The second-order valence-electron chi connectivity index (χ2n) is 2.98. The number of carboxylic acid groups (broad SMARTS) is 1. The van der Waals surface area contributed by atoms with Gasteiger partial charge in [0, 0.05) is 7.05 Å². The molecule has 76 valence electrons. The molecule has 6 nitrogen and oxygen atoms in total. The second-order valence-corrected chi connectivity index (χ2v) is 2.98. The summed E-state index contributed by atoms with van der Waals surface area (Å²) in [4.78, 5) is 23.0. The lowest BCUT2D eigenvalue weighted by Crippen LogP contribution is -2.32. The van der Waals surface area contributed by atoms with Crippen molar-refractivity contribution in [2.75, 3.05) is 13.6 Å².